The minimum atomic E-state index is -3.53. The molecule has 21 heavy (non-hydrogen) atoms. The van der Waals surface area contributed by atoms with E-state index in [-0.39, 0.29) is 27.3 Å². The third-order valence-corrected chi connectivity index (χ3v) is 6.83. The average molecular weight is 332 g/mol. The van der Waals surface area contributed by atoms with Gasteiger partial charge in [0.15, 0.2) is 9.84 Å². The summed E-state index contributed by atoms with van der Waals surface area (Å²) in [7, 11) is -3.53. The molecule has 1 fully saturated rings. The molecule has 2 heterocycles. The number of amides is 1. The number of nitrogens with two attached hydrogens (primary N) is 3. The number of carbonyl (C=O) groups is 1. The molecule has 6 N–H and O–H groups in total. The maximum absolute atomic E-state index is 12.3. The van der Waals surface area contributed by atoms with E-state index >= 15 is 0 Å². The number of sulfone groups is 1. The van der Waals surface area contributed by atoms with Gasteiger partial charge >= 0.3 is 0 Å². The summed E-state index contributed by atoms with van der Waals surface area (Å²) in [6.45, 7) is 2.84. The molecule has 0 saturated carbocycles. The Morgan fingerprint density at radius 3 is 2.43 bits per heavy atom. The second-order valence-electron chi connectivity index (χ2n) is 5.07. The topological polar surface area (TPSA) is 133 Å². The van der Waals surface area contributed by atoms with E-state index in [9.17, 15) is 13.2 Å². The molecule has 0 bridgehead atoms. The Balaban J connectivity index is 2.54. The number of primary amides is 1. The van der Waals surface area contributed by atoms with E-state index in [1.54, 1.807) is 6.92 Å². The third kappa shape index (κ3) is 2.99. The van der Waals surface area contributed by atoms with Gasteiger partial charge in [0.25, 0.3) is 5.91 Å². The van der Waals surface area contributed by atoms with Gasteiger partial charge in [-0.25, -0.2) is 8.42 Å². The first kappa shape index (κ1) is 16.1. The number of nitrogens with zero attached hydrogens (tertiary/aromatic N) is 1. The molecular formula is C12H20N4O3S2. The SMILES string of the molecule is CCS(=O)(=O)c1c(N2CCC(N)CC2)sc(C(N)=O)c1N. The van der Waals surface area contributed by atoms with Crippen LogP contribution in [0.5, 0.6) is 0 Å². The zero-order valence-corrected chi connectivity index (χ0v) is 13.5. The van der Waals surface area contributed by atoms with E-state index < -0.39 is 15.7 Å². The summed E-state index contributed by atoms with van der Waals surface area (Å²) < 4.78 is 24.6. The van der Waals surface area contributed by atoms with Gasteiger partial charge in [-0.15, -0.1) is 11.3 Å². The van der Waals surface area contributed by atoms with Crippen LogP contribution in [0.15, 0.2) is 4.90 Å². The highest BCUT2D eigenvalue weighted by Crippen LogP contribution is 2.42. The van der Waals surface area contributed by atoms with E-state index in [2.05, 4.69) is 0 Å². The summed E-state index contributed by atoms with van der Waals surface area (Å²) in [5.74, 6) is -0.781. The smallest absolute Gasteiger partial charge is 0.261 e. The van der Waals surface area contributed by atoms with E-state index in [4.69, 9.17) is 17.2 Å². The molecule has 1 aromatic rings. The van der Waals surface area contributed by atoms with Gasteiger partial charge in [-0.3, -0.25) is 4.79 Å². The standard InChI is InChI=1S/C12H20N4O3S2/c1-2-21(18,19)10-8(14)9(11(15)17)20-12(10)16-5-3-7(13)4-6-16/h7H,2-6,13-14H2,1H3,(H2,15,17). The number of rotatable bonds is 4. The van der Waals surface area contributed by atoms with Crippen LogP contribution in [-0.2, 0) is 9.84 Å². The third-order valence-electron chi connectivity index (χ3n) is 3.62. The van der Waals surface area contributed by atoms with Crippen molar-refractivity contribution in [2.75, 3.05) is 29.5 Å². The highest BCUT2D eigenvalue weighted by Gasteiger charge is 2.31. The molecule has 9 heteroatoms. The fraction of sp³-hybridized carbons (Fsp3) is 0.583. The van der Waals surface area contributed by atoms with Crippen LogP contribution in [0.4, 0.5) is 10.7 Å². The van der Waals surface area contributed by atoms with Crippen LogP contribution in [0, 0.1) is 0 Å². The number of thiophene rings is 1. The Morgan fingerprint density at radius 1 is 1.38 bits per heavy atom. The van der Waals surface area contributed by atoms with Crippen molar-refractivity contribution < 1.29 is 13.2 Å². The lowest BCUT2D eigenvalue weighted by Gasteiger charge is -2.31. The van der Waals surface area contributed by atoms with Crippen molar-refractivity contribution in [3.8, 4) is 0 Å². The van der Waals surface area contributed by atoms with Crippen LogP contribution in [0.3, 0.4) is 0 Å². The molecule has 118 valence electrons. The molecule has 1 saturated heterocycles. The highest BCUT2D eigenvalue weighted by molar-refractivity contribution is 7.92. The highest BCUT2D eigenvalue weighted by atomic mass is 32.2. The molecule has 1 amide bonds. The van der Waals surface area contributed by atoms with E-state index in [1.807, 2.05) is 4.90 Å². The Bertz CT molecular complexity index is 646. The molecule has 7 nitrogen and oxygen atoms in total. The zero-order chi connectivity index (χ0) is 15.8. The first-order chi connectivity index (χ1) is 9.77. The maximum Gasteiger partial charge on any atom is 0.261 e. The molecule has 1 aliphatic heterocycles. The van der Waals surface area contributed by atoms with Gasteiger partial charge in [-0.1, -0.05) is 6.92 Å². The molecule has 0 aliphatic carbocycles. The summed E-state index contributed by atoms with van der Waals surface area (Å²) in [5.41, 5.74) is 17.0. The monoisotopic (exact) mass is 332 g/mol. The zero-order valence-electron chi connectivity index (χ0n) is 11.8. The maximum atomic E-state index is 12.3. The summed E-state index contributed by atoms with van der Waals surface area (Å²) in [5, 5.41) is 0.509. The molecule has 0 unspecified atom stereocenters. The average Bonchev–Trinajstić information content (AvgIpc) is 2.78. The summed E-state index contributed by atoms with van der Waals surface area (Å²) in [6, 6.07) is 0.125. The second-order valence-corrected chi connectivity index (χ2v) is 8.29. The van der Waals surface area contributed by atoms with Crippen LogP contribution in [0.2, 0.25) is 0 Å². The predicted octanol–water partition coefficient (Wildman–Crippen LogP) is 0.150. The number of anilines is 2. The van der Waals surface area contributed by atoms with E-state index in [1.165, 1.54) is 0 Å². The van der Waals surface area contributed by atoms with Crippen LogP contribution < -0.4 is 22.1 Å². The minimum absolute atomic E-state index is 0.0285. The Kier molecular flexibility index (Phi) is 4.45. The molecule has 0 radical (unpaired) electrons. The fourth-order valence-electron chi connectivity index (χ4n) is 2.35. The van der Waals surface area contributed by atoms with Gasteiger partial charge in [0.2, 0.25) is 0 Å². The first-order valence-electron chi connectivity index (χ1n) is 6.73. The second kappa shape index (κ2) is 5.82. The van der Waals surface area contributed by atoms with Crippen LogP contribution in [-0.4, -0.2) is 39.2 Å². The van der Waals surface area contributed by atoms with Crippen molar-refractivity contribution >= 4 is 37.8 Å². The first-order valence-corrected chi connectivity index (χ1v) is 9.20. The van der Waals surface area contributed by atoms with E-state index in [0.29, 0.717) is 18.1 Å². The minimum Gasteiger partial charge on any atom is -0.396 e. The normalized spacial score (nSPS) is 17.1. The molecule has 2 rings (SSSR count). The van der Waals surface area contributed by atoms with Crippen molar-refractivity contribution in [1.29, 1.82) is 0 Å². The van der Waals surface area contributed by atoms with Gasteiger partial charge in [-0.2, -0.15) is 0 Å². The Morgan fingerprint density at radius 2 is 1.95 bits per heavy atom. The van der Waals surface area contributed by atoms with Crippen molar-refractivity contribution in [3.63, 3.8) is 0 Å². The van der Waals surface area contributed by atoms with E-state index in [0.717, 1.165) is 24.2 Å². The van der Waals surface area contributed by atoms with Crippen molar-refractivity contribution in [1.82, 2.24) is 0 Å². The van der Waals surface area contributed by atoms with Gasteiger partial charge in [-0.05, 0) is 12.8 Å². The lowest BCUT2D eigenvalue weighted by atomic mass is 10.1. The fourth-order valence-corrected chi connectivity index (χ4v) is 5.07. The summed E-state index contributed by atoms with van der Waals surface area (Å²) >= 11 is 1.05. The van der Waals surface area contributed by atoms with Crippen LogP contribution in [0.1, 0.15) is 29.4 Å². The molecule has 1 aliphatic rings. The summed E-state index contributed by atoms with van der Waals surface area (Å²) in [4.78, 5) is 13.5. The number of piperidine rings is 1. The van der Waals surface area contributed by atoms with Gasteiger partial charge in [0.05, 0.1) is 11.4 Å². The van der Waals surface area contributed by atoms with Crippen LogP contribution in [0.25, 0.3) is 0 Å². The molecular weight excluding hydrogens is 312 g/mol. The largest absolute Gasteiger partial charge is 0.396 e. The number of carbonyl (C=O) groups excluding carboxylic acids is 1. The van der Waals surface area contributed by atoms with Crippen molar-refractivity contribution in [3.05, 3.63) is 4.88 Å². The Labute approximate surface area is 128 Å². The molecule has 1 aromatic heterocycles. The molecule has 0 atom stereocenters. The Hall–Kier alpha value is -1.32. The quantitative estimate of drug-likeness (QED) is 0.719. The van der Waals surface area contributed by atoms with Gasteiger partial charge < -0.3 is 22.1 Å². The van der Waals surface area contributed by atoms with Gasteiger partial charge in [0.1, 0.15) is 14.8 Å². The number of nitrogen functional groups attached to an aromatic ring is 1. The van der Waals surface area contributed by atoms with Gasteiger partial charge in [0, 0.05) is 19.1 Å². The number of hydrogen-bond donors (Lipinski definition) is 3. The lowest BCUT2D eigenvalue weighted by molar-refractivity contribution is 0.100. The van der Waals surface area contributed by atoms with Crippen molar-refractivity contribution in [2.45, 2.75) is 30.7 Å². The lowest BCUT2D eigenvalue weighted by Crippen LogP contribution is -2.39. The molecule has 0 aromatic carbocycles. The number of hydrogen-bond acceptors (Lipinski definition) is 7. The van der Waals surface area contributed by atoms with Crippen LogP contribution >= 0.6 is 11.3 Å². The molecule has 0 spiro atoms. The predicted molar refractivity (Wildman–Crippen MR) is 84.4 cm³/mol. The summed E-state index contributed by atoms with van der Waals surface area (Å²) in [6.07, 6.45) is 1.55. The van der Waals surface area contributed by atoms with Crippen molar-refractivity contribution in [2.24, 2.45) is 11.5 Å².